The Morgan fingerprint density at radius 3 is 2.54 bits per heavy atom. The van der Waals surface area contributed by atoms with Gasteiger partial charge in [0.05, 0.1) is 12.2 Å². The number of ether oxygens (including phenoxy) is 3. The van der Waals surface area contributed by atoms with Crippen molar-refractivity contribution in [1.82, 2.24) is 4.90 Å². The zero-order valence-corrected chi connectivity index (χ0v) is 15.5. The van der Waals surface area contributed by atoms with Gasteiger partial charge >= 0.3 is 5.97 Å². The summed E-state index contributed by atoms with van der Waals surface area (Å²) in [4.78, 5) is 25.5. The predicted molar refractivity (Wildman–Crippen MR) is 100 cm³/mol. The van der Waals surface area contributed by atoms with E-state index >= 15 is 0 Å². The highest BCUT2D eigenvalue weighted by Crippen LogP contribution is 2.39. The minimum absolute atomic E-state index is 0.0161. The maximum atomic E-state index is 12.3. The summed E-state index contributed by atoms with van der Waals surface area (Å²) in [7, 11) is 1.59. The molecular weight excluding hydrogens is 362 g/mol. The lowest BCUT2D eigenvalue weighted by molar-refractivity contribution is 0.0650. The van der Waals surface area contributed by atoms with Gasteiger partial charge in [0.15, 0.2) is 0 Å². The van der Waals surface area contributed by atoms with Crippen molar-refractivity contribution in [2.24, 2.45) is 0 Å². The van der Waals surface area contributed by atoms with Gasteiger partial charge in [-0.15, -0.1) is 0 Å². The number of carboxylic acid groups (broad SMARTS) is 1. The van der Waals surface area contributed by atoms with E-state index < -0.39 is 5.97 Å². The van der Waals surface area contributed by atoms with Crippen molar-refractivity contribution in [3.8, 4) is 17.2 Å². The minimum Gasteiger partial charge on any atom is -0.487 e. The number of nitrogens with zero attached hydrogens (tertiary/aromatic N) is 1. The Hall–Kier alpha value is -3.06. The highest BCUT2D eigenvalue weighted by Gasteiger charge is 2.28. The lowest BCUT2D eigenvalue weighted by atomic mass is 10.1. The molecule has 146 valence electrons. The largest absolute Gasteiger partial charge is 0.487 e. The molecule has 1 N–H and O–H groups in total. The number of benzene rings is 2. The summed E-state index contributed by atoms with van der Waals surface area (Å²) in [5.41, 5.74) is 1.52. The predicted octanol–water partition coefficient (Wildman–Crippen LogP) is 2.97. The van der Waals surface area contributed by atoms with Crippen molar-refractivity contribution in [3.63, 3.8) is 0 Å². The maximum Gasteiger partial charge on any atom is 0.335 e. The Bertz CT molecular complexity index is 904. The zero-order valence-electron chi connectivity index (χ0n) is 15.5. The molecule has 1 amide bonds. The molecular formula is C21H21NO6. The molecule has 0 aromatic heterocycles. The molecule has 2 aliphatic heterocycles. The van der Waals surface area contributed by atoms with Crippen LogP contribution in [0.1, 0.15) is 32.7 Å². The van der Waals surface area contributed by atoms with Gasteiger partial charge in [0.1, 0.15) is 23.4 Å². The van der Waals surface area contributed by atoms with E-state index in [4.69, 9.17) is 14.2 Å². The number of likely N-dealkylation sites (tertiary alicyclic amines) is 1. The van der Waals surface area contributed by atoms with E-state index in [1.54, 1.807) is 36.3 Å². The van der Waals surface area contributed by atoms with Crippen LogP contribution in [0.3, 0.4) is 0 Å². The van der Waals surface area contributed by atoms with Crippen molar-refractivity contribution in [1.29, 1.82) is 0 Å². The highest BCUT2D eigenvalue weighted by atomic mass is 16.5. The zero-order chi connectivity index (χ0) is 19.7. The monoisotopic (exact) mass is 383 g/mol. The van der Waals surface area contributed by atoms with Crippen LogP contribution < -0.4 is 9.47 Å². The number of carbonyl (C=O) groups excluding carboxylic acids is 1. The van der Waals surface area contributed by atoms with E-state index in [1.165, 1.54) is 12.1 Å². The molecule has 0 spiro atoms. The summed E-state index contributed by atoms with van der Waals surface area (Å²) >= 11 is 0. The second-order valence-corrected chi connectivity index (χ2v) is 6.93. The van der Waals surface area contributed by atoms with Gasteiger partial charge in [-0.05, 0) is 42.8 Å². The minimum atomic E-state index is -1.05. The van der Waals surface area contributed by atoms with E-state index in [1.807, 2.05) is 0 Å². The lowest BCUT2D eigenvalue weighted by Gasteiger charge is -2.30. The van der Waals surface area contributed by atoms with Crippen LogP contribution in [-0.4, -0.2) is 54.8 Å². The van der Waals surface area contributed by atoms with Gasteiger partial charge in [-0.1, -0.05) is 0 Å². The van der Waals surface area contributed by atoms with Gasteiger partial charge < -0.3 is 24.2 Å². The van der Waals surface area contributed by atoms with Crippen LogP contribution in [0.4, 0.5) is 0 Å². The Kier molecular flexibility index (Phi) is 4.92. The molecule has 1 atom stereocenters. The third-order valence-corrected chi connectivity index (χ3v) is 4.97. The highest BCUT2D eigenvalue weighted by molar-refractivity contribution is 5.94. The van der Waals surface area contributed by atoms with Crippen LogP contribution in [0.2, 0.25) is 0 Å². The molecule has 2 aliphatic rings. The van der Waals surface area contributed by atoms with Crippen molar-refractivity contribution >= 4 is 11.9 Å². The summed E-state index contributed by atoms with van der Waals surface area (Å²) in [5.74, 6) is 0.432. The van der Waals surface area contributed by atoms with Crippen LogP contribution in [0.5, 0.6) is 17.2 Å². The van der Waals surface area contributed by atoms with Gasteiger partial charge in [-0.2, -0.15) is 0 Å². The fourth-order valence-electron chi connectivity index (χ4n) is 3.36. The number of aromatic carboxylic acids is 1. The molecule has 2 aromatic rings. The molecule has 7 nitrogen and oxygen atoms in total. The van der Waals surface area contributed by atoms with E-state index in [2.05, 4.69) is 0 Å². The molecule has 1 fully saturated rings. The van der Waals surface area contributed by atoms with Crippen molar-refractivity contribution < 1.29 is 28.9 Å². The third kappa shape index (κ3) is 3.53. The van der Waals surface area contributed by atoms with E-state index in [0.717, 1.165) is 25.1 Å². The van der Waals surface area contributed by atoms with Crippen LogP contribution in [0, 0.1) is 0 Å². The van der Waals surface area contributed by atoms with Crippen LogP contribution >= 0.6 is 0 Å². The maximum absolute atomic E-state index is 12.3. The van der Waals surface area contributed by atoms with Crippen LogP contribution in [-0.2, 0) is 11.2 Å². The number of fused-ring (bicyclic) bond motifs is 1. The summed E-state index contributed by atoms with van der Waals surface area (Å²) in [6.07, 6.45) is 1.44. The molecule has 2 aromatic carbocycles. The second-order valence-electron chi connectivity index (χ2n) is 6.93. The number of carboxylic acids is 1. The number of hydrogen-bond acceptors (Lipinski definition) is 5. The van der Waals surface area contributed by atoms with E-state index in [9.17, 15) is 14.7 Å². The second kappa shape index (κ2) is 7.52. The standard InChI is InChI=1S/C21H21NO6/c1-26-12-16-11-17-18(9-14(21(24)25)10-19(17)28-16)27-15-5-3-13(4-6-15)20(23)22-7-2-8-22/h3-6,9-10,16H,2,7-8,11-12H2,1H3,(H,24,25). The normalized spacial score (nSPS) is 17.5. The van der Waals surface area contributed by atoms with Crippen molar-refractivity contribution in [2.45, 2.75) is 18.9 Å². The average molecular weight is 383 g/mol. The molecule has 0 radical (unpaired) electrons. The Labute approximate surface area is 162 Å². The first-order valence-electron chi connectivity index (χ1n) is 9.18. The Morgan fingerprint density at radius 2 is 1.93 bits per heavy atom. The van der Waals surface area contributed by atoms with Crippen molar-refractivity contribution in [3.05, 3.63) is 53.1 Å². The molecule has 0 aliphatic carbocycles. The van der Waals surface area contributed by atoms with Gasteiger partial charge in [0.25, 0.3) is 5.91 Å². The van der Waals surface area contributed by atoms with E-state index in [0.29, 0.717) is 35.8 Å². The van der Waals surface area contributed by atoms with Gasteiger partial charge in [0, 0.05) is 37.7 Å². The van der Waals surface area contributed by atoms with Crippen LogP contribution in [0.15, 0.2) is 36.4 Å². The SMILES string of the molecule is COCC1Cc2c(Oc3ccc(C(=O)N4CCC4)cc3)cc(C(=O)O)cc2O1. The molecule has 2 heterocycles. The van der Waals surface area contributed by atoms with Gasteiger partial charge in [-0.3, -0.25) is 4.79 Å². The molecule has 7 heteroatoms. The molecule has 4 rings (SSSR count). The first kappa shape index (κ1) is 18.3. The number of rotatable bonds is 6. The average Bonchev–Trinajstić information content (AvgIpc) is 3.04. The fourth-order valence-corrected chi connectivity index (χ4v) is 3.36. The smallest absolute Gasteiger partial charge is 0.335 e. The number of hydrogen-bond donors (Lipinski definition) is 1. The molecule has 0 saturated carbocycles. The van der Waals surface area contributed by atoms with Gasteiger partial charge in [0.2, 0.25) is 0 Å². The van der Waals surface area contributed by atoms with Crippen LogP contribution in [0.25, 0.3) is 0 Å². The number of carbonyl (C=O) groups is 2. The molecule has 1 unspecified atom stereocenters. The quantitative estimate of drug-likeness (QED) is 0.825. The van der Waals surface area contributed by atoms with Gasteiger partial charge in [-0.25, -0.2) is 4.79 Å². The number of amides is 1. The summed E-state index contributed by atoms with van der Waals surface area (Å²) in [6, 6.07) is 9.89. The molecule has 28 heavy (non-hydrogen) atoms. The fraction of sp³-hybridized carbons (Fsp3) is 0.333. The third-order valence-electron chi connectivity index (χ3n) is 4.97. The first-order chi connectivity index (χ1) is 13.5. The summed E-state index contributed by atoms with van der Waals surface area (Å²) < 4.78 is 16.9. The number of methoxy groups -OCH3 is 1. The van der Waals surface area contributed by atoms with Crippen molar-refractivity contribution in [2.75, 3.05) is 26.8 Å². The lowest BCUT2D eigenvalue weighted by Crippen LogP contribution is -2.41. The summed E-state index contributed by atoms with van der Waals surface area (Å²) in [5, 5.41) is 9.38. The van der Waals surface area contributed by atoms with E-state index in [-0.39, 0.29) is 17.6 Å². The molecule has 1 saturated heterocycles. The first-order valence-corrected chi connectivity index (χ1v) is 9.18. The summed E-state index contributed by atoms with van der Waals surface area (Å²) in [6.45, 7) is 2.01. The Balaban J connectivity index is 1.57. The molecule has 0 bridgehead atoms. The Morgan fingerprint density at radius 1 is 1.18 bits per heavy atom. The topological polar surface area (TPSA) is 85.3 Å².